The smallest absolute Gasteiger partial charge is 0.341 e. The van der Waals surface area contributed by atoms with Crippen LogP contribution in [0.15, 0.2) is 89.8 Å². The molecule has 1 amide bonds. The lowest BCUT2D eigenvalue weighted by molar-refractivity contribution is -0.139. The molecule has 0 atom stereocenters. The van der Waals surface area contributed by atoms with Crippen LogP contribution in [0.1, 0.15) is 27.3 Å². The van der Waals surface area contributed by atoms with E-state index in [1.54, 1.807) is 48.5 Å². The highest BCUT2D eigenvalue weighted by Crippen LogP contribution is 2.30. The zero-order chi connectivity index (χ0) is 32.0. The first kappa shape index (κ1) is 32.2. The number of thiazole rings is 1. The largest absolute Gasteiger partial charge is 0.486 e. The van der Waals surface area contributed by atoms with Crippen molar-refractivity contribution in [2.24, 2.45) is 0 Å². The molecule has 0 aliphatic rings. The summed E-state index contributed by atoms with van der Waals surface area (Å²) in [7, 11) is -3.51. The van der Waals surface area contributed by atoms with Gasteiger partial charge in [0.25, 0.3) is 5.91 Å². The quantitative estimate of drug-likeness (QED) is 0.132. The second-order valence-electron chi connectivity index (χ2n) is 9.85. The number of aromatic nitrogens is 1. The Balaban J connectivity index is 1.23. The number of ether oxygens (including phenoxy) is 2. The standard InChI is InChI=1S/C32H26Cl2N2O7S2/c33-22-9-13-24(14-10-22)45(40,41)16-2-3-20-6-15-27(43-19-30(37)38)26(17-20)35-32(39)21-7-11-23(12-8-21)42-18-29-36-31-25(34)4-1-5-28(31)44-29/h1,4-15,17H,2-3,16,18-19H2,(H,35,39)(H,37,38). The molecule has 232 valence electrons. The summed E-state index contributed by atoms with van der Waals surface area (Å²) < 4.78 is 37.6. The normalized spacial score (nSPS) is 11.3. The number of para-hydroxylation sites is 1. The number of carbonyl (C=O) groups is 2. The molecule has 2 N–H and O–H groups in total. The Morgan fingerprint density at radius 3 is 2.40 bits per heavy atom. The summed E-state index contributed by atoms with van der Waals surface area (Å²) >= 11 is 13.6. The molecule has 1 heterocycles. The zero-order valence-corrected chi connectivity index (χ0v) is 26.7. The molecule has 0 saturated carbocycles. The summed E-state index contributed by atoms with van der Waals surface area (Å²) in [4.78, 5) is 28.9. The summed E-state index contributed by atoms with van der Waals surface area (Å²) in [5.74, 6) is -1.01. The maximum atomic E-state index is 13.1. The molecule has 0 aliphatic carbocycles. The van der Waals surface area contributed by atoms with Gasteiger partial charge in [0.2, 0.25) is 0 Å². The molecule has 0 spiro atoms. The monoisotopic (exact) mass is 684 g/mol. The molecule has 0 unspecified atom stereocenters. The molecule has 45 heavy (non-hydrogen) atoms. The van der Waals surface area contributed by atoms with Crippen LogP contribution in [0, 0.1) is 0 Å². The van der Waals surface area contributed by atoms with Crippen LogP contribution in [0.3, 0.4) is 0 Å². The topological polar surface area (TPSA) is 132 Å². The molecule has 0 aliphatic heterocycles. The minimum Gasteiger partial charge on any atom is -0.486 e. The van der Waals surface area contributed by atoms with E-state index >= 15 is 0 Å². The van der Waals surface area contributed by atoms with E-state index in [0.717, 1.165) is 20.8 Å². The number of sulfone groups is 1. The highest BCUT2D eigenvalue weighted by atomic mass is 35.5. The molecule has 4 aromatic carbocycles. The summed E-state index contributed by atoms with van der Waals surface area (Å²) in [6, 6.07) is 23.0. The van der Waals surface area contributed by atoms with Crippen molar-refractivity contribution in [1.82, 2.24) is 4.98 Å². The van der Waals surface area contributed by atoms with E-state index in [1.807, 2.05) is 12.1 Å². The van der Waals surface area contributed by atoms with E-state index in [9.17, 15) is 18.0 Å². The number of hydrogen-bond acceptors (Lipinski definition) is 8. The third kappa shape index (κ3) is 8.52. The van der Waals surface area contributed by atoms with E-state index in [2.05, 4.69) is 10.3 Å². The Hall–Kier alpha value is -4.16. The number of aliphatic carboxylic acids is 1. The minimum atomic E-state index is -3.51. The van der Waals surface area contributed by atoms with Crippen molar-refractivity contribution in [3.05, 3.63) is 111 Å². The number of anilines is 1. The highest BCUT2D eigenvalue weighted by Gasteiger charge is 2.16. The van der Waals surface area contributed by atoms with Crippen LogP contribution in [-0.2, 0) is 27.7 Å². The van der Waals surface area contributed by atoms with Crippen molar-refractivity contribution in [3.8, 4) is 11.5 Å². The Bertz CT molecular complexity index is 1950. The van der Waals surface area contributed by atoms with E-state index < -0.39 is 28.3 Å². The number of nitrogens with zero attached hydrogens (tertiary/aromatic N) is 1. The molecule has 1 aromatic heterocycles. The number of benzene rings is 4. The van der Waals surface area contributed by atoms with Gasteiger partial charge < -0.3 is 19.9 Å². The number of carbonyl (C=O) groups excluding carboxylic acids is 1. The van der Waals surface area contributed by atoms with E-state index in [-0.39, 0.29) is 28.7 Å². The minimum absolute atomic E-state index is 0.0886. The zero-order valence-electron chi connectivity index (χ0n) is 23.5. The van der Waals surface area contributed by atoms with Crippen LogP contribution in [0.25, 0.3) is 10.2 Å². The predicted molar refractivity (Wildman–Crippen MR) is 175 cm³/mol. The number of carboxylic acid groups (broad SMARTS) is 1. The number of amides is 1. The van der Waals surface area contributed by atoms with Gasteiger partial charge in [-0.15, -0.1) is 11.3 Å². The van der Waals surface area contributed by atoms with Crippen LogP contribution in [-0.4, -0.2) is 42.7 Å². The fourth-order valence-electron chi connectivity index (χ4n) is 4.39. The van der Waals surface area contributed by atoms with E-state index in [4.69, 9.17) is 37.8 Å². The van der Waals surface area contributed by atoms with Gasteiger partial charge in [0, 0.05) is 10.6 Å². The molecule has 5 aromatic rings. The molecule has 5 rings (SSSR count). The Morgan fingerprint density at radius 1 is 0.933 bits per heavy atom. The maximum absolute atomic E-state index is 13.1. The summed E-state index contributed by atoms with van der Waals surface area (Å²) in [5, 5.41) is 13.6. The van der Waals surface area contributed by atoms with Crippen molar-refractivity contribution in [3.63, 3.8) is 0 Å². The molecular formula is C32H26Cl2N2O7S2. The van der Waals surface area contributed by atoms with Gasteiger partial charge in [0.1, 0.15) is 28.6 Å². The average molecular weight is 686 g/mol. The number of fused-ring (bicyclic) bond motifs is 1. The second-order valence-corrected chi connectivity index (χ2v) is 13.9. The number of nitrogens with one attached hydrogen (secondary N) is 1. The van der Waals surface area contributed by atoms with Crippen molar-refractivity contribution < 1.29 is 32.6 Å². The number of halogens is 2. The van der Waals surface area contributed by atoms with Gasteiger partial charge in [0.15, 0.2) is 16.4 Å². The number of hydrogen-bond donors (Lipinski definition) is 2. The van der Waals surface area contributed by atoms with Gasteiger partial charge in [-0.3, -0.25) is 4.79 Å². The van der Waals surface area contributed by atoms with Crippen LogP contribution in [0.4, 0.5) is 5.69 Å². The summed E-state index contributed by atoms with van der Waals surface area (Å²) in [6.45, 7) is -0.367. The number of rotatable bonds is 13. The van der Waals surface area contributed by atoms with Gasteiger partial charge in [-0.2, -0.15) is 0 Å². The predicted octanol–water partition coefficient (Wildman–Crippen LogP) is 7.30. The fraction of sp³-hybridized carbons (Fsp3) is 0.156. The fourth-order valence-corrected chi connectivity index (χ4v) is 7.00. The second kappa shape index (κ2) is 14.3. The lowest BCUT2D eigenvalue weighted by Crippen LogP contribution is -2.15. The first-order chi connectivity index (χ1) is 21.6. The number of aryl methyl sites for hydroxylation is 1. The maximum Gasteiger partial charge on any atom is 0.341 e. The summed E-state index contributed by atoms with van der Waals surface area (Å²) in [6.07, 6.45) is 0.709. The van der Waals surface area contributed by atoms with Crippen LogP contribution in [0.5, 0.6) is 11.5 Å². The third-order valence-corrected chi connectivity index (χ3v) is 9.96. The van der Waals surface area contributed by atoms with Gasteiger partial charge in [-0.05, 0) is 91.2 Å². The Labute approximate surface area is 273 Å². The molecule has 9 nitrogen and oxygen atoms in total. The molecule has 0 bridgehead atoms. The van der Waals surface area contributed by atoms with Gasteiger partial charge >= 0.3 is 5.97 Å². The van der Waals surface area contributed by atoms with Crippen LogP contribution in [0.2, 0.25) is 10.0 Å². The Kier molecular flexibility index (Phi) is 10.2. The molecule has 0 fully saturated rings. The van der Waals surface area contributed by atoms with Crippen molar-refractivity contribution in [1.29, 1.82) is 0 Å². The first-order valence-electron chi connectivity index (χ1n) is 13.6. The van der Waals surface area contributed by atoms with Crippen LogP contribution < -0.4 is 14.8 Å². The van der Waals surface area contributed by atoms with Crippen molar-refractivity contribution >= 4 is 72.2 Å². The van der Waals surface area contributed by atoms with Gasteiger partial charge in [-0.1, -0.05) is 35.3 Å². The Morgan fingerprint density at radius 2 is 1.69 bits per heavy atom. The average Bonchev–Trinajstić information content (AvgIpc) is 3.44. The van der Waals surface area contributed by atoms with Crippen LogP contribution >= 0.6 is 34.5 Å². The molecule has 13 heteroatoms. The van der Waals surface area contributed by atoms with Crippen molar-refractivity contribution in [2.75, 3.05) is 17.7 Å². The number of carboxylic acids is 1. The SMILES string of the molecule is O=C(O)COc1ccc(CCCS(=O)(=O)c2ccc(Cl)cc2)cc1NC(=O)c1ccc(OCc2nc3c(Cl)cccc3s2)cc1. The van der Waals surface area contributed by atoms with Gasteiger partial charge in [0.05, 0.1) is 26.1 Å². The summed E-state index contributed by atoms with van der Waals surface area (Å²) in [5.41, 5.74) is 2.06. The van der Waals surface area contributed by atoms with Gasteiger partial charge in [-0.25, -0.2) is 18.2 Å². The lowest BCUT2D eigenvalue weighted by Gasteiger charge is -2.14. The first-order valence-corrected chi connectivity index (χ1v) is 16.8. The molecular weight excluding hydrogens is 659 g/mol. The highest BCUT2D eigenvalue weighted by molar-refractivity contribution is 7.91. The molecule has 0 radical (unpaired) electrons. The lowest BCUT2D eigenvalue weighted by atomic mass is 10.1. The van der Waals surface area contributed by atoms with Crippen molar-refractivity contribution in [2.45, 2.75) is 24.3 Å². The molecule has 0 saturated heterocycles. The van der Waals surface area contributed by atoms with E-state index in [0.29, 0.717) is 34.2 Å². The van der Waals surface area contributed by atoms with E-state index in [1.165, 1.54) is 35.6 Å². The third-order valence-electron chi connectivity index (χ3n) is 6.59.